The summed E-state index contributed by atoms with van der Waals surface area (Å²) in [7, 11) is 0. The van der Waals surface area contributed by atoms with Crippen LogP contribution in [0.3, 0.4) is 0 Å². The van der Waals surface area contributed by atoms with E-state index in [-0.39, 0.29) is 0 Å². The minimum Gasteiger partial charge on any atom is -0.297 e. The normalized spacial score (nSPS) is 56.7. The van der Waals surface area contributed by atoms with Gasteiger partial charge in [-0.15, -0.1) is 0 Å². The first kappa shape index (κ1) is 19.1. The smallest absolute Gasteiger partial charge is 0.155 e. The Bertz CT molecular complexity index is 756. The highest BCUT2D eigenvalue weighted by Crippen LogP contribution is 2.70. The molecule has 6 aliphatic rings. The molecule has 0 aromatic rings. The van der Waals surface area contributed by atoms with Crippen LogP contribution < -0.4 is 0 Å². The van der Waals surface area contributed by atoms with E-state index in [1.807, 2.05) is 0 Å². The monoisotopic (exact) mass is 395 g/mol. The second-order valence-corrected chi connectivity index (χ2v) is 12.6. The van der Waals surface area contributed by atoms with Crippen molar-refractivity contribution in [2.24, 2.45) is 46.3 Å². The number of piperidine rings is 1. The van der Waals surface area contributed by atoms with E-state index < -0.39 is 0 Å². The summed E-state index contributed by atoms with van der Waals surface area (Å²) < 4.78 is 0. The third kappa shape index (κ3) is 2.42. The van der Waals surface area contributed by atoms with Crippen LogP contribution in [0.15, 0.2) is 11.6 Å². The van der Waals surface area contributed by atoms with Crippen molar-refractivity contribution >= 4 is 5.78 Å². The number of ketones is 1. The Hall–Kier alpha value is -0.630. The first-order valence-electron chi connectivity index (χ1n) is 12.8. The first-order chi connectivity index (χ1) is 13.8. The van der Waals surface area contributed by atoms with Gasteiger partial charge in [-0.3, -0.25) is 9.69 Å². The number of hydrogen-bond donors (Lipinski definition) is 0. The van der Waals surface area contributed by atoms with Crippen molar-refractivity contribution in [2.75, 3.05) is 6.54 Å². The van der Waals surface area contributed by atoms with Gasteiger partial charge in [0.15, 0.2) is 5.78 Å². The van der Waals surface area contributed by atoms with E-state index in [0.29, 0.717) is 16.6 Å². The fourth-order valence-electron chi connectivity index (χ4n) is 10.3. The second-order valence-electron chi connectivity index (χ2n) is 12.6. The van der Waals surface area contributed by atoms with E-state index in [2.05, 4.69) is 38.7 Å². The molecular weight excluding hydrogens is 354 g/mol. The zero-order valence-electron chi connectivity index (χ0n) is 19.1. The van der Waals surface area contributed by atoms with Crippen LogP contribution in [0.5, 0.6) is 0 Å². The summed E-state index contributed by atoms with van der Waals surface area (Å²) in [5.41, 5.74) is 2.41. The molecule has 0 bridgehead atoms. The number of hydrogen-bond acceptors (Lipinski definition) is 2. The van der Waals surface area contributed by atoms with Crippen molar-refractivity contribution in [3.8, 4) is 0 Å². The third-order valence-corrected chi connectivity index (χ3v) is 11.6. The summed E-state index contributed by atoms with van der Waals surface area (Å²) in [6.07, 6.45) is 13.8. The van der Waals surface area contributed by atoms with E-state index in [9.17, 15) is 4.79 Å². The molecule has 0 amide bonds. The molecule has 2 saturated heterocycles. The van der Waals surface area contributed by atoms with Crippen molar-refractivity contribution in [1.29, 1.82) is 0 Å². The van der Waals surface area contributed by atoms with Gasteiger partial charge in [0.2, 0.25) is 0 Å². The van der Waals surface area contributed by atoms with Crippen LogP contribution in [0, 0.1) is 46.3 Å². The average molecular weight is 396 g/mol. The van der Waals surface area contributed by atoms with Crippen molar-refractivity contribution < 1.29 is 4.79 Å². The number of allylic oxidation sites excluding steroid dienone is 1. The summed E-state index contributed by atoms with van der Waals surface area (Å²) in [6, 6.07) is 1.74. The zero-order valence-corrected chi connectivity index (χ0v) is 19.1. The molecule has 0 N–H and O–H groups in total. The number of carbonyl (C=O) groups excluding carboxylic acids is 1. The van der Waals surface area contributed by atoms with Crippen molar-refractivity contribution in [1.82, 2.24) is 4.90 Å². The maximum Gasteiger partial charge on any atom is 0.155 e. The Labute approximate surface area is 177 Å². The van der Waals surface area contributed by atoms with Gasteiger partial charge >= 0.3 is 0 Å². The standard InChI is InChI=1S/C27H41NO/c1-16-5-8-23-17(2)25-24(28(23)15-16)14-22-20-7-6-18-13-19(29)9-11-26(18,3)21(20)10-12-27(22,25)4/h13,16-17,20-25H,5-12,14-15H2,1-4H3. The highest BCUT2D eigenvalue weighted by Gasteiger charge is 2.66. The molecule has 3 saturated carbocycles. The van der Waals surface area contributed by atoms with Gasteiger partial charge in [0, 0.05) is 25.0 Å². The lowest BCUT2D eigenvalue weighted by molar-refractivity contribution is -0.117. The number of nitrogens with zero attached hydrogens (tertiary/aromatic N) is 1. The summed E-state index contributed by atoms with van der Waals surface area (Å²) in [6.45, 7) is 11.7. The van der Waals surface area contributed by atoms with Crippen LogP contribution in [0.1, 0.15) is 85.5 Å². The Balaban J connectivity index is 1.33. The van der Waals surface area contributed by atoms with Gasteiger partial charge in [0.1, 0.15) is 0 Å². The van der Waals surface area contributed by atoms with Crippen molar-refractivity contribution in [2.45, 2.75) is 97.6 Å². The Morgan fingerprint density at radius 3 is 2.62 bits per heavy atom. The van der Waals surface area contributed by atoms with Crippen LogP contribution in [-0.4, -0.2) is 29.3 Å². The molecule has 5 fully saturated rings. The molecule has 2 nitrogen and oxygen atoms in total. The molecular formula is C27H41NO. The van der Waals surface area contributed by atoms with Gasteiger partial charge in [0.25, 0.3) is 0 Å². The predicted octanol–water partition coefficient (Wildman–Crippen LogP) is 5.86. The van der Waals surface area contributed by atoms with Gasteiger partial charge < -0.3 is 0 Å². The topological polar surface area (TPSA) is 20.3 Å². The van der Waals surface area contributed by atoms with E-state index in [0.717, 1.165) is 60.4 Å². The maximum absolute atomic E-state index is 12.1. The van der Waals surface area contributed by atoms with Crippen LogP contribution in [-0.2, 0) is 4.79 Å². The minimum absolute atomic E-state index is 0.323. The predicted molar refractivity (Wildman–Crippen MR) is 117 cm³/mol. The Morgan fingerprint density at radius 1 is 0.966 bits per heavy atom. The van der Waals surface area contributed by atoms with Gasteiger partial charge in [-0.25, -0.2) is 0 Å². The molecule has 0 aromatic heterocycles. The molecule has 29 heavy (non-hydrogen) atoms. The summed E-state index contributed by atoms with van der Waals surface area (Å²) in [5, 5.41) is 0. The first-order valence-corrected chi connectivity index (χ1v) is 12.8. The number of carbonyl (C=O) groups is 1. The van der Waals surface area contributed by atoms with Gasteiger partial charge in [0.05, 0.1) is 0 Å². The number of rotatable bonds is 0. The largest absolute Gasteiger partial charge is 0.297 e. The van der Waals surface area contributed by atoms with Gasteiger partial charge in [-0.05, 0) is 104 Å². The van der Waals surface area contributed by atoms with E-state index in [1.165, 1.54) is 57.1 Å². The quantitative estimate of drug-likeness (QED) is 0.512. The molecule has 2 aliphatic heterocycles. The zero-order chi connectivity index (χ0) is 20.1. The van der Waals surface area contributed by atoms with E-state index in [1.54, 1.807) is 0 Å². The lowest BCUT2D eigenvalue weighted by Gasteiger charge is -2.58. The summed E-state index contributed by atoms with van der Waals surface area (Å²) >= 11 is 0. The van der Waals surface area contributed by atoms with Gasteiger partial charge in [-0.1, -0.05) is 33.3 Å². The lowest BCUT2D eigenvalue weighted by atomic mass is 9.46. The summed E-state index contributed by atoms with van der Waals surface area (Å²) in [5.74, 6) is 5.77. The SMILES string of the molecule is CC1CCC2C(C)C3C(CC4C5CCC6=CC(=O)CCC6(C)C5CCC43C)N2C1. The molecule has 10 atom stereocenters. The lowest BCUT2D eigenvalue weighted by Crippen LogP contribution is -2.51. The molecule has 0 aromatic carbocycles. The van der Waals surface area contributed by atoms with Gasteiger partial charge in [-0.2, -0.15) is 0 Å². The molecule has 0 spiro atoms. The average Bonchev–Trinajstić information content (AvgIpc) is 3.15. The van der Waals surface area contributed by atoms with E-state index >= 15 is 0 Å². The van der Waals surface area contributed by atoms with Crippen LogP contribution in [0.4, 0.5) is 0 Å². The highest BCUT2D eigenvalue weighted by molar-refractivity contribution is 5.91. The Kier molecular flexibility index (Phi) is 4.09. The third-order valence-electron chi connectivity index (χ3n) is 11.6. The molecule has 2 heterocycles. The molecule has 2 heteroatoms. The maximum atomic E-state index is 12.1. The van der Waals surface area contributed by atoms with Crippen LogP contribution in [0.2, 0.25) is 0 Å². The molecule has 4 aliphatic carbocycles. The molecule has 6 rings (SSSR count). The fourth-order valence-corrected chi connectivity index (χ4v) is 10.3. The van der Waals surface area contributed by atoms with Crippen molar-refractivity contribution in [3.05, 3.63) is 11.6 Å². The van der Waals surface area contributed by atoms with Crippen LogP contribution >= 0.6 is 0 Å². The highest BCUT2D eigenvalue weighted by atomic mass is 16.1. The summed E-state index contributed by atoms with van der Waals surface area (Å²) in [4.78, 5) is 15.1. The number of fused-ring (bicyclic) bond motifs is 9. The molecule has 160 valence electrons. The molecule has 10 unspecified atom stereocenters. The molecule has 0 radical (unpaired) electrons. The fraction of sp³-hybridized carbons (Fsp3) is 0.889. The van der Waals surface area contributed by atoms with E-state index in [4.69, 9.17) is 0 Å². The van der Waals surface area contributed by atoms with Crippen LogP contribution in [0.25, 0.3) is 0 Å². The van der Waals surface area contributed by atoms with Crippen molar-refractivity contribution in [3.63, 3.8) is 0 Å². The Morgan fingerprint density at radius 2 is 1.79 bits per heavy atom. The second kappa shape index (κ2) is 6.21. The minimum atomic E-state index is 0.323.